The van der Waals surface area contributed by atoms with Crippen LogP contribution < -0.4 is 4.72 Å². The first-order valence-electron chi connectivity index (χ1n) is 10.3. The van der Waals surface area contributed by atoms with Crippen molar-refractivity contribution in [3.8, 4) is 16.4 Å². The van der Waals surface area contributed by atoms with Crippen LogP contribution in [-0.2, 0) is 26.4 Å². The minimum Gasteiger partial charge on any atom is -0.283 e. The lowest BCUT2D eigenvalue weighted by molar-refractivity contribution is -0.301. The van der Waals surface area contributed by atoms with Gasteiger partial charge in [-0.05, 0) is 38.0 Å². The molecule has 0 radical (unpaired) electrons. The van der Waals surface area contributed by atoms with E-state index in [0.717, 1.165) is 27.9 Å². The summed E-state index contributed by atoms with van der Waals surface area (Å²) in [6.45, 7) is 2.55. The summed E-state index contributed by atoms with van der Waals surface area (Å²) in [7, 11) is -3.36. The van der Waals surface area contributed by atoms with Crippen molar-refractivity contribution in [2.45, 2.75) is 31.6 Å². The molecule has 32 heavy (non-hydrogen) atoms. The zero-order valence-electron chi connectivity index (χ0n) is 17.4. The van der Waals surface area contributed by atoms with Gasteiger partial charge in [0, 0.05) is 16.3 Å². The summed E-state index contributed by atoms with van der Waals surface area (Å²) in [6.07, 6.45) is 1.42. The molecule has 1 N–H and O–H groups in total. The van der Waals surface area contributed by atoms with Gasteiger partial charge in [0.15, 0.2) is 0 Å². The van der Waals surface area contributed by atoms with Crippen LogP contribution in [0.25, 0.3) is 27.3 Å². The first-order valence-corrected chi connectivity index (χ1v) is 12.8. The quantitative estimate of drug-likeness (QED) is 0.220. The molecule has 0 aliphatic heterocycles. The minimum absolute atomic E-state index is 0.238. The summed E-state index contributed by atoms with van der Waals surface area (Å²) in [6, 6.07) is 15.4. The third kappa shape index (κ3) is 4.26. The summed E-state index contributed by atoms with van der Waals surface area (Å²) >= 11 is 1.43. The lowest BCUT2D eigenvalue weighted by Crippen LogP contribution is -2.17. The Balaban J connectivity index is 1.57. The third-order valence-electron chi connectivity index (χ3n) is 5.08. The maximum atomic E-state index is 12.4. The number of rotatable bonds is 9. The Kier molecular flexibility index (Phi) is 5.68. The molecule has 2 aromatic carbocycles. The third-order valence-corrected chi connectivity index (χ3v) is 7.81. The van der Waals surface area contributed by atoms with Crippen molar-refractivity contribution in [3.05, 3.63) is 59.6 Å². The Morgan fingerprint density at radius 2 is 1.97 bits per heavy atom. The van der Waals surface area contributed by atoms with Crippen LogP contribution in [0.5, 0.6) is 0 Å². The van der Waals surface area contributed by atoms with Crippen LogP contribution in [0.4, 0.5) is 5.69 Å². The van der Waals surface area contributed by atoms with E-state index < -0.39 is 10.0 Å². The van der Waals surface area contributed by atoms with Crippen LogP contribution in [0, 0.1) is 0 Å². The Labute approximate surface area is 189 Å². The molecule has 1 saturated carbocycles. The second-order valence-corrected chi connectivity index (χ2v) is 10.3. The van der Waals surface area contributed by atoms with E-state index in [0.29, 0.717) is 30.3 Å². The molecule has 166 valence electrons. The smallest absolute Gasteiger partial charge is 0.235 e. The van der Waals surface area contributed by atoms with Crippen molar-refractivity contribution in [1.82, 2.24) is 14.8 Å². The fourth-order valence-electron chi connectivity index (χ4n) is 3.40. The van der Waals surface area contributed by atoms with Crippen LogP contribution in [0.2, 0.25) is 0 Å². The lowest BCUT2D eigenvalue weighted by Gasteiger charge is -2.07. The molecule has 0 saturated heterocycles. The summed E-state index contributed by atoms with van der Waals surface area (Å²) < 4.78 is 29.3. The minimum atomic E-state index is -3.36. The van der Waals surface area contributed by atoms with Crippen LogP contribution in [0.1, 0.15) is 25.5 Å². The maximum Gasteiger partial charge on any atom is 0.235 e. The molecule has 0 atom stereocenters. The van der Waals surface area contributed by atoms with E-state index in [4.69, 9.17) is 14.9 Å². The standard InChI is InChI=1S/C22H22N4O4S2/c1-2-29-30-13-17-14-31-22(23-17)26-20-12-16(25-32(27,28)18-9-10-18)8-11-19(20)21(24-26)15-6-4-3-5-7-15/h3-8,11-12,14,18,25H,2,9-10,13H2,1H3. The summed E-state index contributed by atoms with van der Waals surface area (Å²) in [5, 5.41) is 8.01. The Morgan fingerprint density at radius 3 is 2.72 bits per heavy atom. The first-order chi connectivity index (χ1) is 15.5. The predicted octanol–water partition coefficient (Wildman–Crippen LogP) is 4.52. The van der Waals surface area contributed by atoms with E-state index in [1.807, 2.05) is 54.8 Å². The number of sulfonamides is 1. The highest BCUT2D eigenvalue weighted by atomic mass is 32.2. The molecule has 10 heteroatoms. The average molecular weight is 471 g/mol. The van der Waals surface area contributed by atoms with E-state index in [-0.39, 0.29) is 11.9 Å². The van der Waals surface area contributed by atoms with Crippen LogP contribution in [0.3, 0.4) is 0 Å². The highest BCUT2D eigenvalue weighted by molar-refractivity contribution is 7.93. The van der Waals surface area contributed by atoms with Gasteiger partial charge in [-0.2, -0.15) is 5.10 Å². The van der Waals surface area contributed by atoms with Crippen LogP contribution in [-0.4, -0.2) is 35.0 Å². The van der Waals surface area contributed by atoms with Crippen molar-refractivity contribution in [2.24, 2.45) is 0 Å². The molecule has 1 aliphatic carbocycles. The summed E-state index contributed by atoms with van der Waals surface area (Å²) in [5.41, 5.74) is 3.79. The number of anilines is 1. The van der Waals surface area contributed by atoms with Gasteiger partial charge in [0.25, 0.3) is 0 Å². The fraction of sp³-hybridized carbons (Fsp3) is 0.273. The van der Waals surface area contributed by atoms with E-state index in [1.54, 1.807) is 10.7 Å². The lowest BCUT2D eigenvalue weighted by atomic mass is 10.1. The van der Waals surface area contributed by atoms with Gasteiger partial charge in [0.2, 0.25) is 15.2 Å². The summed E-state index contributed by atoms with van der Waals surface area (Å²) in [5.74, 6) is 0. The summed E-state index contributed by atoms with van der Waals surface area (Å²) in [4.78, 5) is 14.7. The fourth-order valence-corrected chi connectivity index (χ4v) is 5.55. The van der Waals surface area contributed by atoms with Crippen molar-refractivity contribution in [3.63, 3.8) is 0 Å². The number of nitrogens with zero attached hydrogens (tertiary/aromatic N) is 3. The van der Waals surface area contributed by atoms with Crippen molar-refractivity contribution in [1.29, 1.82) is 0 Å². The van der Waals surface area contributed by atoms with E-state index in [1.165, 1.54) is 11.3 Å². The molecule has 1 aliphatic rings. The molecule has 0 amide bonds. The molecule has 4 aromatic rings. The number of benzene rings is 2. The van der Waals surface area contributed by atoms with Gasteiger partial charge in [-0.15, -0.1) is 11.3 Å². The molecule has 0 spiro atoms. The van der Waals surface area contributed by atoms with E-state index in [9.17, 15) is 8.42 Å². The SMILES string of the molecule is CCOOCc1csc(-n2nc(-c3ccccc3)c3ccc(NS(=O)(=O)C4CC4)cc32)n1. The number of thiazole rings is 1. The van der Waals surface area contributed by atoms with Crippen LogP contribution >= 0.6 is 11.3 Å². The molecule has 2 heterocycles. The molecule has 0 unspecified atom stereocenters. The van der Waals surface area contributed by atoms with E-state index in [2.05, 4.69) is 9.71 Å². The highest BCUT2D eigenvalue weighted by Gasteiger charge is 2.35. The maximum absolute atomic E-state index is 12.4. The molecule has 2 aromatic heterocycles. The first kappa shape index (κ1) is 21.1. The Hall–Kier alpha value is -2.79. The highest BCUT2D eigenvalue weighted by Crippen LogP contribution is 2.34. The number of nitrogens with one attached hydrogen (secondary N) is 1. The molecule has 1 fully saturated rings. The zero-order valence-corrected chi connectivity index (χ0v) is 19.0. The number of aromatic nitrogens is 3. The van der Waals surface area contributed by atoms with Gasteiger partial charge in [-0.1, -0.05) is 30.3 Å². The molecule has 8 nitrogen and oxygen atoms in total. The number of hydrogen-bond donors (Lipinski definition) is 1. The molecule has 0 bridgehead atoms. The largest absolute Gasteiger partial charge is 0.283 e. The average Bonchev–Trinajstić information content (AvgIpc) is 3.46. The Bertz CT molecular complexity index is 1350. The van der Waals surface area contributed by atoms with Crippen LogP contribution in [0.15, 0.2) is 53.9 Å². The predicted molar refractivity (Wildman–Crippen MR) is 124 cm³/mol. The van der Waals surface area contributed by atoms with Gasteiger partial charge in [-0.25, -0.2) is 27.9 Å². The normalized spacial score (nSPS) is 14.2. The van der Waals surface area contributed by atoms with Gasteiger partial charge in [0.1, 0.15) is 12.3 Å². The van der Waals surface area contributed by atoms with Gasteiger partial charge in [0.05, 0.1) is 28.8 Å². The zero-order chi connectivity index (χ0) is 22.1. The van der Waals surface area contributed by atoms with Gasteiger partial charge in [-0.3, -0.25) is 4.72 Å². The van der Waals surface area contributed by atoms with Crippen molar-refractivity contribution in [2.75, 3.05) is 11.3 Å². The molecular formula is C22H22N4O4S2. The van der Waals surface area contributed by atoms with Crippen molar-refractivity contribution >= 4 is 38.0 Å². The van der Waals surface area contributed by atoms with E-state index >= 15 is 0 Å². The van der Waals surface area contributed by atoms with Gasteiger partial charge >= 0.3 is 0 Å². The Morgan fingerprint density at radius 1 is 1.16 bits per heavy atom. The number of hydrogen-bond acceptors (Lipinski definition) is 7. The van der Waals surface area contributed by atoms with Crippen molar-refractivity contribution < 1.29 is 18.2 Å². The second kappa shape index (κ2) is 8.62. The number of fused-ring (bicyclic) bond motifs is 1. The second-order valence-electron chi connectivity index (χ2n) is 7.49. The molecule has 5 rings (SSSR count). The molecular weight excluding hydrogens is 448 g/mol. The monoisotopic (exact) mass is 470 g/mol. The van der Waals surface area contributed by atoms with Gasteiger partial charge < -0.3 is 0 Å². The topological polar surface area (TPSA) is 95.3 Å².